The number of nitrogens with one attached hydrogen (secondary N) is 1. The van der Waals surface area contributed by atoms with Gasteiger partial charge in [-0.2, -0.15) is 0 Å². The summed E-state index contributed by atoms with van der Waals surface area (Å²) in [5, 5.41) is 13.4. The number of fused-ring (bicyclic) bond motifs is 4. The van der Waals surface area contributed by atoms with E-state index in [0.29, 0.717) is 0 Å². The Morgan fingerprint density at radius 1 is 1.29 bits per heavy atom. The molecule has 0 spiro atoms. The van der Waals surface area contributed by atoms with Crippen molar-refractivity contribution in [3.8, 4) is 5.75 Å². The molecule has 0 unspecified atom stereocenters. The number of aryl methyl sites for hydroxylation is 1. The van der Waals surface area contributed by atoms with Crippen LogP contribution in [0, 0.1) is 5.92 Å². The summed E-state index contributed by atoms with van der Waals surface area (Å²) in [5.74, 6) is 0.668. The molecule has 3 aliphatic heterocycles. The zero-order valence-electron chi connectivity index (χ0n) is 16.4. The van der Waals surface area contributed by atoms with E-state index >= 15 is 0 Å². The number of anilines is 2. The van der Waals surface area contributed by atoms with Crippen molar-refractivity contribution < 1.29 is 14.6 Å². The number of nitrogens with zero attached hydrogens (tertiary/aromatic N) is 1. The van der Waals surface area contributed by atoms with Crippen LogP contribution in [0.15, 0.2) is 36.4 Å². The summed E-state index contributed by atoms with van der Waals surface area (Å²) in [5.41, 5.74) is 5.28. The zero-order valence-corrected chi connectivity index (χ0v) is 16.4. The summed E-state index contributed by atoms with van der Waals surface area (Å²) in [4.78, 5) is 14.1. The highest BCUT2D eigenvalue weighted by atomic mass is 16.5. The molecule has 0 bridgehead atoms. The van der Waals surface area contributed by atoms with E-state index in [1.54, 1.807) is 19.1 Å². The molecule has 0 saturated carbocycles. The first-order chi connectivity index (χ1) is 13.5. The Bertz CT molecular complexity index is 940. The molecule has 3 atom stereocenters. The maximum Gasteiger partial charge on any atom is 0.223 e. The zero-order chi connectivity index (χ0) is 19.5. The lowest BCUT2D eigenvalue weighted by atomic mass is 9.72. The van der Waals surface area contributed by atoms with Crippen molar-refractivity contribution in [2.75, 3.05) is 23.4 Å². The van der Waals surface area contributed by atoms with Gasteiger partial charge in [-0.05, 0) is 61.6 Å². The summed E-state index contributed by atoms with van der Waals surface area (Å²) in [6, 6.07) is 12.0. The first kappa shape index (κ1) is 17.6. The lowest BCUT2D eigenvalue weighted by Gasteiger charge is -2.44. The van der Waals surface area contributed by atoms with Gasteiger partial charge < -0.3 is 20.1 Å². The number of amides is 1. The molecule has 28 heavy (non-hydrogen) atoms. The second kappa shape index (κ2) is 6.24. The maximum absolute atomic E-state index is 12.2. The summed E-state index contributed by atoms with van der Waals surface area (Å²) < 4.78 is 6.34. The lowest BCUT2D eigenvalue weighted by Crippen LogP contribution is -2.41. The number of ether oxygens (including phenoxy) is 1. The molecule has 3 heterocycles. The van der Waals surface area contributed by atoms with E-state index in [9.17, 15) is 9.90 Å². The molecule has 0 aromatic heterocycles. The molecule has 0 aliphatic carbocycles. The van der Waals surface area contributed by atoms with Gasteiger partial charge in [0.15, 0.2) is 0 Å². The van der Waals surface area contributed by atoms with Crippen LogP contribution < -0.4 is 10.2 Å². The second-order valence-electron chi connectivity index (χ2n) is 8.36. The van der Waals surface area contributed by atoms with Crippen molar-refractivity contribution in [3.63, 3.8) is 0 Å². The standard InChI is InChI=1S/C23H26N2O3/c1-14(26)25-10-3-4-16-12-20-19(13-21(16)25)23(2)18(9-11-28-23)22(24-20)15-5-7-17(27)8-6-15/h5-8,12-13,18,22,24,27H,3-4,9-11H2,1-2H3/t18-,22+,23-/m0/s1. The molecule has 1 saturated heterocycles. The minimum absolute atomic E-state index is 0.0979. The monoisotopic (exact) mass is 378 g/mol. The van der Waals surface area contributed by atoms with Crippen LogP contribution in [0.25, 0.3) is 0 Å². The van der Waals surface area contributed by atoms with Gasteiger partial charge in [-0.3, -0.25) is 4.79 Å². The van der Waals surface area contributed by atoms with Gasteiger partial charge in [0, 0.05) is 42.9 Å². The number of rotatable bonds is 1. The minimum Gasteiger partial charge on any atom is -0.508 e. The van der Waals surface area contributed by atoms with Gasteiger partial charge in [-0.25, -0.2) is 0 Å². The third kappa shape index (κ3) is 2.53. The third-order valence-electron chi connectivity index (χ3n) is 6.76. The minimum atomic E-state index is -0.391. The van der Waals surface area contributed by atoms with Crippen molar-refractivity contribution in [1.82, 2.24) is 0 Å². The fourth-order valence-electron chi connectivity index (χ4n) is 5.30. The normalized spacial score (nSPS) is 28.1. The molecular weight excluding hydrogens is 352 g/mol. The highest BCUT2D eigenvalue weighted by Gasteiger charge is 2.50. The second-order valence-corrected chi connectivity index (χ2v) is 8.36. The Labute approximate surface area is 165 Å². The molecule has 1 amide bonds. The van der Waals surface area contributed by atoms with E-state index in [-0.39, 0.29) is 23.6 Å². The van der Waals surface area contributed by atoms with Crippen molar-refractivity contribution >= 4 is 17.3 Å². The Morgan fingerprint density at radius 2 is 2.07 bits per heavy atom. The molecule has 146 valence electrons. The highest BCUT2D eigenvalue weighted by molar-refractivity contribution is 5.93. The largest absolute Gasteiger partial charge is 0.508 e. The average molecular weight is 378 g/mol. The number of hydrogen-bond donors (Lipinski definition) is 2. The van der Waals surface area contributed by atoms with Gasteiger partial charge in [-0.1, -0.05) is 12.1 Å². The van der Waals surface area contributed by atoms with Crippen molar-refractivity contribution in [3.05, 3.63) is 53.1 Å². The smallest absolute Gasteiger partial charge is 0.223 e. The number of carbonyl (C=O) groups is 1. The Kier molecular flexibility index (Phi) is 3.91. The molecule has 5 nitrogen and oxygen atoms in total. The first-order valence-corrected chi connectivity index (χ1v) is 10.1. The van der Waals surface area contributed by atoms with Crippen LogP contribution in [-0.4, -0.2) is 24.2 Å². The summed E-state index contributed by atoms with van der Waals surface area (Å²) in [6.45, 7) is 5.34. The summed E-state index contributed by atoms with van der Waals surface area (Å²) in [6.07, 6.45) is 2.95. The molecule has 5 heteroatoms. The van der Waals surface area contributed by atoms with Gasteiger partial charge in [0.1, 0.15) is 5.75 Å². The van der Waals surface area contributed by atoms with Gasteiger partial charge >= 0.3 is 0 Å². The molecule has 2 N–H and O–H groups in total. The fraction of sp³-hybridized carbons (Fsp3) is 0.435. The van der Waals surface area contributed by atoms with Gasteiger partial charge in [0.2, 0.25) is 5.91 Å². The fourth-order valence-corrected chi connectivity index (χ4v) is 5.30. The van der Waals surface area contributed by atoms with Crippen molar-refractivity contribution in [1.29, 1.82) is 0 Å². The maximum atomic E-state index is 12.2. The molecular formula is C23H26N2O3. The van der Waals surface area contributed by atoms with Crippen LogP contribution in [0.3, 0.4) is 0 Å². The number of phenolic OH excluding ortho intramolecular Hbond substituents is 1. The van der Waals surface area contributed by atoms with Crippen LogP contribution in [0.4, 0.5) is 11.4 Å². The predicted molar refractivity (Wildman–Crippen MR) is 109 cm³/mol. The molecule has 5 rings (SSSR count). The van der Waals surface area contributed by atoms with E-state index in [0.717, 1.165) is 54.9 Å². The van der Waals surface area contributed by atoms with E-state index < -0.39 is 5.60 Å². The van der Waals surface area contributed by atoms with Crippen molar-refractivity contribution in [2.45, 2.75) is 44.8 Å². The number of aromatic hydroxyl groups is 1. The third-order valence-corrected chi connectivity index (χ3v) is 6.76. The van der Waals surface area contributed by atoms with E-state index in [1.807, 2.05) is 17.0 Å². The lowest BCUT2D eigenvalue weighted by molar-refractivity contribution is -0.116. The number of phenols is 1. The SMILES string of the molecule is CC(=O)N1CCCc2cc3c(cc21)[C@@]1(C)OCC[C@H]1[C@@H](c1ccc(O)cc1)N3. The van der Waals surface area contributed by atoms with Gasteiger partial charge in [-0.15, -0.1) is 0 Å². The van der Waals surface area contributed by atoms with E-state index in [2.05, 4.69) is 24.4 Å². The Balaban J connectivity index is 1.63. The van der Waals surface area contributed by atoms with Crippen LogP contribution in [-0.2, 0) is 21.6 Å². The van der Waals surface area contributed by atoms with Crippen molar-refractivity contribution in [2.24, 2.45) is 5.92 Å². The Morgan fingerprint density at radius 3 is 2.82 bits per heavy atom. The first-order valence-electron chi connectivity index (χ1n) is 10.1. The van der Waals surface area contributed by atoms with Crippen LogP contribution >= 0.6 is 0 Å². The molecule has 2 aromatic carbocycles. The van der Waals surface area contributed by atoms with Gasteiger partial charge in [0.05, 0.1) is 11.6 Å². The predicted octanol–water partition coefficient (Wildman–Crippen LogP) is 4.11. The topological polar surface area (TPSA) is 61.8 Å². The molecule has 1 fully saturated rings. The van der Waals surface area contributed by atoms with E-state index in [4.69, 9.17) is 4.74 Å². The molecule has 3 aliphatic rings. The van der Waals surface area contributed by atoms with Gasteiger partial charge in [0.25, 0.3) is 0 Å². The molecule has 0 radical (unpaired) electrons. The summed E-state index contributed by atoms with van der Waals surface area (Å²) >= 11 is 0. The van der Waals surface area contributed by atoms with Crippen LogP contribution in [0.2, 0.25) is 0 Å². The number of carbonyl (C=O) groups excluding carboxylic acids is 1. The highest BCUT2D eigenvalue weighted by Crippen LogP contribution is 2.55. The van der Waals surface area contributed by atoms with E-state index in [1.165, 1.54) is 5.56 Å². The number of benzene rings is 2. The van der Waals surface area contributed by atoms with Crippen LogP contribution in [0.1, 0.15) is 49.4 Å². The number of hydrogen-bond acceptors (Lipinski definition) is 4. The average Bonchev–Trinajstić information content (AvgIpc) is 3.09. The quantitative estimate of drug-likeness (QED) is 0.784. The summed E-state index contributed by atoms with van der Waals surface area (Å²) in [7, 11) is 0. The molecule has 2 aromatic rings. The Hall–Kier alpha value is -2.53. The van der Waals surface area contributed by atoms with Crippen LogP contribution in [0.5, 0.6) is 5.75 Å².